The van der Waals surface area contributed by atoms with Crippen LogP contribution in [0.5, 0.6) is 0 Å². The van der Waals surface area contributed by atoms with Gasteiger partial charge in [-0.2, -0.15) is 5.10 Å². The largest absolute Gasteiger partial charge is 0.302 e. The van der Waals surface area contributed by atoms with Crippen LogP contribution in [0.2, 0.25) is 0 Å². The molecule has 0 spiro atoms. The summed E-state index contributed by atoms with van der Waals surface area (Å²) in [5.74, 6) is -0.347. The lowest BCUT2D eigenvalue weighted by Crippen LogP contribution is -2.11. The first-order valence-electron chi connectivity index (χ1n) is 9.24. The first kappa shape index (κ1) is 19.0. The lowest BCUT2D eigenvalue weighted by molar-refractivity contribution is -0.116. The number of benzene rings is 2. The maximum Gasteiger partial charge on any atom is 0.226 e. The second-order valence-electron chi connectivity index (χ2n) is 6.62. The summed E-state index contributed by atoms with van der Waals surface area (Å²) in [6.45, 7) is 0. The van der Waals surface area contributed by atoms with Crippen LogP contribution >= 0.6 is 11.3 Å². The van der Waals surface area contributed by atoms with Gasteiger partial charge >= 0.3 is 0 Å². The smallest absolute Gasteiger partial charge is 0.226 e. The van der Waals surface area contributed by atoms with Crippen LogP contribution in [0.4, 0.5) is 9.52 Å². The van der Waals surface area contributed by atoms with Gasteiger partial charge in [-0.1, -0.05) is 30.3 Å². The molecule has 4 aromatic rings. The Labute approximate surface area is 171 Å². The summed E-state index contributed by atoms with van der Waals surface area (Å²) in [6, 6.07) is 16.3. The average molecular weight is 406 g/mol. The third kappa shape index (κ3) is 5.14. The summed E-state index contributed by atoms with van der Waals surface area (Å²) < 4.78 is 15.1. The molecular formula is C22H19FN4OS. The molecule has 1 amide bonds. The van der Waals surface area contributed by atoms with E-state index in [1.165, 1.54) is 23.5 Å². The zero-order valence-electron chi connectivity index (χ0n) is 15.6. The van der Waals surface area contributed by atoms with Gasteiger partial charge < -0.3 is 5.32 Å². The van der Waals surface area contributed by atoms with Crippen LogP contribution in [0, 0.1) is 5.82 Å². The van der Waals surface area contributed by atoms with Gasteiger partial charge in [0.05, 0.1) is 11.9 Å². The number of aryl methyl sites for hydroxylation is 1. The van der Waals surface area contributed by atoms with E-state index in [1.54, 1.807) is 23.1 Å². The molecule has 1 N–H and O–H groups in total. The molecule has 5 nitrogen and oxygen atoms in total. The Balaban J connectivity index is 1.29. The summed E-state index contributed by atoms with van der Waals surface area (Å²) in [7, 11) is 0. The molecule has 0 saturated heterocycles. The Kier molecular flexibility index (Phi) is 5.76. The third-order valence-corrected chi connectivity index (χ3v) is 5.28. The molecule has 2 heterocycles. The van der Waals surface area contributed by atoms with E-state index in [0.717, 1.165) is 21.7 Å². The maximum atomic E-state index is 13.3. The maximum absolute atomic E-state index is 13.3. The van der Waals surface area contributed by atoms with E-state index in [-0.39, 0.29) is 11.7 Å². The van der Waals surface area contributed by atoms with E-state index in [9.17, 15) is 9.18 Å². The van der Waals surface area contributed by atoms with E-state index < -0.39 is 0 Å². The number of rotatable bonds is 7. The SMILES string of the molecule is O=C(CCc1cnn(-c2ccccc2)c1)Nc1ncc(Cc2cccc(F)c2)s1. The minimum atomic E-state index is -0.254. The normalized spacial score (nSPS) is 10.8. The number of thiazole rings is 1. The Morgan fingerprint density at radius 3 is 2.76 bits per heavy atom. The van der Waals surface area contributed by atoms with Crippen LogP contribution in [-0.4, -0.2) is 20.7 Å². The van der Waals surface area contributed by atoms with Gasteiger partial charge in [-0.25, -0.2) is 14.1 Å². The van der Waals surface area contributed by atoms with Crippen LogP contribution in [0.25, 0.3) is 5.69 Å². The van der Waals surface area contributed by atoms with Gasteiger partial charge in [-0.15, -0.1) is 11.3 Å². The van der Waals surface area contributed by atoms with Crippen molar-refractivity contribution in [1.82, 2.24) is 14.8 Å². The van der Waals surface area contributed by atoms with E-state index in [2.05, 4.69) is 15.4 Å². The molecule has 0 unspecified atom stereocenters. The second kappa shape index (κ2) is 8.79. The number of carbonyl (C=O) groups excluding carboxylic acids is 1. The Morgan fingerprint density at radius 2 is 1.93 bits per heavy atom. The molecular weight excluding hydrogens is 387 g/mol. The number of nitrogens with one attached hydrogen (secondary N) is 1. The quantitative estimate of drug-likeness (QED) is 0.487. The molecule has 0 saturated carbocycles. The summed E-state index contributed by atoms with van der Waals surface area (Å²) in [5, 5.41) is 7.74. The van der Waals surface area contributed by atoms with Crippen molar-refractivity contribution in [1.29, 1.82) is 0 Å². The van der Waals surface area contributed by atoms with Crippen molar-refractivity contribution < 1.29 is 9.18 Å². The average Bonchev–Trinajstić information content (AvgIpc) is 3.37. The standard InChI is InChI=1S/C22H19FN4OS/c23-18-6-4-5-16(11-18)12-20-14-24-22(29-20)26-21(28)10-9-17-13-25-27(15-17)19-7-2-1-3-8-19/h1-8,11,13-15H,9-10,12H2,(H,24,26,28). The molecule has 2 aromatic carbocycles. The zero-order chi connectivity index (χ0) is 20.1. The van der Waals surface area contributed by atoms with Crippen molar-refractivity contribution in [2.75, 3.05) is 5.32 Å². The Bertz CT molecular complexity index is 1110. The minimum Gasteiger partial charge on any atom is -0.302 e. The highest BCUT2D eigenvalue weighted by atomic mass is 32.1. The number of hydrogen-bond donors (Lipinski definition) is 1. The van der Waals surface area contributed by atoms with Crippen molar-refractivity contribution in [2.45, 2.75) is 19.3 Å². The molecule has 2 aromatic heterocycles. The van der Waals surface area contributed by atoms with Crippen molar-refractivity contribution in [3.8, 4) is 5.69 Å². The first-order chi connectivity index (χ1) is 14.2. The van der Waals surface area contributed by atoms with Crippen LogP contribution in [-0.2, 0) is 17.6 Å². The summed E-state index contributed by atoms with van der Waals surface area (Å²) in [5.41, 5.74) is 2.86. The lowest BCUT2D eigenvalue weighted by atomic mass is 10.1. The second-order valence-corrected chi connectivity index (χ2v) is 7.73. The molecule has 146 valence electrons. The Hall–Kier alpha value is -3.32. The number of amides is 1. The molecule has 0 aliphatic heterocycles. The number of hydrogen-bond acceptors (Lipinski definition) is 4. The highest BCUT2D eigenvalue weighted by Gasteiger charge is 2.09. The fourth-order valence-corrected chi connectivity index (χ4v) is 3.81. The van der Waals surface area contributed by atoms with E-state index >= 15 is 0 Å². The lowest BCUT2D eigenvalue weighted by Gasteiger charge is -2.01. The molecule has 0 aliphatic carbocycles. The van der Waals surface area contributed by atoms with Crippen LogP contribution < -0.4 is 5.32 Å². The van der Waals surface area contributed by atoms with E-state index in [1.807, 2.05) is 42.6 Å². The minimum absolute atomic E-state index is 0.0934. The predicted octanol–water partition coefficient (Wildman–Crippen LogP) is 4.63. The van der Waals surface area contributed by atoms with Gasteiger partial charge in [0.2, 0.25) is 5.91 Å². The van der Waals surface area contributed by atoms with Crippen LogP contribution in [0.15, 0.2) is 73.2 Å². The highest BCUT2D eigenvalue weighted by Crippen LogP contribution is 2.22. The molecule has 0 fully saturated rings. The summed E-state index contributed by atoms with van der Waals surface area (Å²) in [4.78, 5) is 17.5. The molecule has 7 heteroatoms. The molecule has 29 heavy (non-hydrogen) atoms. The Morgan fingerprint density at radius 1 is 1.07 bits per heavy atom. The van der Waals surface area contributed by atoms with Crippen molar-refractivity contribution in [3.63, 3.8) is 0 Å². The molecule has 0 aliphatic rings. The van der Waals surface area contributed by atoms with Gasteiger partial charge in [0.15, 0.2) is 5.13 Å². The van der Waals surface area contributed by atoms with Crippen molar-refractivity contribution >= 4 is 22.4 Å². The summed E-state index contributed by atoms with van der Waals surface area (Å²) >= 11 is 1.40. The monoisotopic (exact) mass is 406 g/mol. The van der Waals surface area contributed by atoms with Crippen LogP contribution in [0.1, 0.15) is 22.4 Å². The van der Waals surface area contributed by atoms with Crippen molar-refractivity contribution in [2.24, 2.45) is 0 Å². The highest BCUT2D eigenvalue weighted by molar-refractivity contribution is 7.15. The molecule has 4 rings (SSSR count). The number of halogens is 1. The van der Waals surface area contributed by atoms with Gasteiger partial charge in [-0.05, 0) is 41.8 Å². The first-order valence-corrected chi connectivity index (χ1v) is 10.1. The van der Waals surface area contributed by atoms with Gasteiger partial charge in [0, 0.05) is 30.1 Å². The predicted molar refractivity (Wildman–Crippen MR) is 112 cm³/mol. The summed E-state index contributed by atoms with van der Waals surface area (Å²) in [6.07, 6.45) is 6.96. The number of anilines is 1. The topological polar surface area (TPSA) is 59.8 Å². The molecule has 0 atom stereocenters. The van der Waals surface area contributed by atoms with E-state index in [4.69, 9.17) is 0 Å². The van der Waals surface area contributed by atoms with Crippen LogP contribution in [0.3, 0.4) is 0 Å². The molecule has 0 bridgehead atoms. The van der Waals surface area contributed by atoms with Gasteiger partial charge in [0.1, 0.15) is 5.82 Å². The number of aromatic nitrogens is 3. The van der Waals surface area contributed by atoms with Gasteiger partial charge in [-0.3, -0.25) is 4.79 Å². The number of carbonyl (C=O) groups is 1. The zero-order valence-corrected chi connectivity index (χ0v) is 16.4. The number of para-hydroxylation sites is 1. The van der Waals surface area contributed by atoms with Crippen molar-refractivity contribution in [3.05, 3.63) is 95.0 Å². The number of nitrogens with zero attached hydrogens (tertiary/aromatic N) is 3. The fraction of sp³-hybridized carbons (Fsp3) is 0.136. The van der Waals surface area contributed by atoms with Gasteiger partial charge in [0.25, 0.3) is 0 Å². The fourth-order valence-electron chi connectivity index (χ4n) is 2.95. The van der Waals surface area contributed by atoms with E-state index in [0.29, 0.717) is 24.4 Å². The third-order valence-electron chi connectivity index (χ3n) is 4.36. The molecule has 0 radical (unpaired) electrons.